The predicted molar refractivity (Wildman–Crippen MR) is 73.9 cm³/mol. The Balaban J connectivity index is 2.24. The molecule has 1 aliphatic carbocycles. The lowest BCUT2D eigenvalue weighted by molar-refractivity contribution is 0.0931. The molecule has 1 saturated carbocycles. The van der Waals surface area contributed by atoms with Gasteiger partial charge in [-0.3, -0.25) is 4.79 Å². The van der Waals surface area contributed by atoms with Crippen molar-refractivity contribution in [1.29, 1.82) is 0 Å². The van der Waals surface area contributed by atoms with Gasteiger partial charge < -0.3 is 5.32 Å². The van der Waals surface area contributed by atoms with Crippen molar-refractivity contribution in [2.45, 2.75) is 25.8 Å². The van der Waals surface area contributed by atoms with Gasteiger partial charge in [0.25, 0.3) is 5.91 Å². The minimum Gasteiger partial charge on any atom is -0.348 e. The molecule has 0 aromatic carbocycles. The van der Waals surface area contributed by atoms with Crippen LogP contribution >= 0.6 is 46.4 Å². The van der Waals surface area contributed by atoms with Crippen LogP contribution in [0.5, 0.6) is 0 Å². The van der Waals surface area contributed by atoms with Crippen LogP contribution in [-0.2, 0) is 0 Å². The van der Waals surface area contributed by atoms with Gasteiger partial charge >= 0.3 is 0 Å². The van der Waals surface area contributed by atoms with Crippen molar-refractivity contribution in [1.82, 2.24) is 10.3 Å². The molecule has 3 nitrogen and oxygen atoms in total. The number of carbonyl (C=O) groups excluding carboxylic acids is 1. The fourth-order valence-corrected chi connectivity index (χ4v) is 2.44. The number of hydrogen-bond donors (Lipinski definition) is 1. The number of nitrogens with one attached hydrogen (secondary N) is 1. The molecule has 1 aromatic heterocycles. The second-order valence-electron chi connectivity index (χ2n) is 4.29. The molecule has 0 spiro atoms. The minimum atomic E-state index is -0.389. The Hall–Kier alpha value is -0.220. The first-order valence-corrected chi connectivity index (χ1v) is 6.93. The van der Waals surface area contributed by atoms with Crippen molar-refractivity contribution in [3.63, 3.8) is 0 Å². The normalized spacial score (nSPS) is 16.5. The van der Waals surface area contributed by atoms with Gasteiger partial charge in [-0.25, -0.2) is 4.98 Å². The Morgan fingerprint density at radius 2 is 1.83 bits per heavy atom. The van der Waals surface area contributed by atoms with E-state index in [1.165, 1.54) is 0 Å². The lowest BCUT2D eigenvalue weighted by Gasteiger charge is -2.14. The molecule has 2 rings (SSSR count). The van der Waals surface area contributed by atoms with Gasteiger partial charge in [-0.1, -0.05) is 46.4 Å². The van der Waals surface area contributed by atoms with E-state index in [9.17, 15) is 4.79 Å². The molecule has 1 unspecified atom stereocenters. The SMILES string of the molecule is CC(NC(=O)c1nc(Cl)c(Cl)c(Cl)c1Cl)C1CC1. The predicted octanol–water partition coefficient (Wildman–Crippen LogP) is 4.22. The molecular formula is C11H10Cl4N2O. The Labute approximate surface area is 125 Å². The largest absolute Gasteiger partial charge is 0.348 e. The van der Waals surface area contributed by atoms with E-state index < -0.39 is 0 Å². The standard InChI is InChI=1S/C11H10Cl4N2O/c1-4(5-2-3-5)16-11(18)9-7(13)6(12)8(14)10(15)17-9/h4-5H,2-3H2,1H3,(H,16,18). The van der Waals surface area contributed by atoms with Gasteiger partial charge in [0.05, 0.1) is 15.1 Å². The van der Waals surface area contributed by atoms with Crippen molar-refractivity contribution < 1.29 is 4.79 Å². The third-order valence-corrected chi connectivity index (χ3v) is 4.56. The summed E-state index contributed by atoms with van der Waals surface area (Å²) < 4.78 is 0. The summed E-state index contributed by atoms with van der Waals surface area (Å²) in [7, 11) is 0. The summed E-state index contributed by atoms with van der Waals surface area (Å²) in [6.07, 6.45) is 2.26. The molecule has 1 fully saturated rings. The van der Waals surface area contributed by atoms with Gasteiger partial charge in [0, 0.05) is 6.04 Å². The van der Waals surface area contributed by atoms with Crippen molar-refractivity contribution in [3.05, 3.63) is 25.9 Å². The summed E-state index contributed by atoms with van der Waals surface area (Å²) in [5.41, 5.74) is 0.00330. The maximum absolute atomic E-state index is 12.0. The summed E-state index contributed by atoms with van der Waals surface area (Å²) in [6.45, 7) is 1.95. The topological polar surface area (TPSA) is 42.0 Å². The van der Waals surface area contributed by atoms with Crippen molar-refractivity contribution in [2.75, 3.05) is 0 Å². The zero-order chi connectivity index (χ0) is 13.4. The molecule has 0 saturated heterocycles. The number of rotatable bonds is 3. The molecule has 98 valence electrons. The number of nitrogens with zero attached hydrogens (tertiary/aromatic N) is 1. The van der Waals surface area contributed by atoms with Crippen LogP contribution in [0.25, 0.3) is 0 Å². The highest BCUT2D eigenvalue weighted by Crippen LogP contribution is 2.36. The highest BCUT2D eigenvalue weighted by Gasteiger charge is 2.30. The van der Waals surface area contributed by atoms with Crippen molar-refractivity contribution in [2.24, 2.45) is 5.92 Å². The first-order valence-electron chi connectivity index (χ1n) is 5.42. The van der Waals surface area contributed by atoms with Gasteiger partial charge in [-0.15, -0.1) is 0 Å². The van der Waals surface area contributed by atoms with Gasteiger partial charge in [0.15, 0.2) is 0 Å². The zero-order valence-corrected chi connectivity index (χ0v) is 12.5. The Kier molecular flexibility index (Phi) is 4.27. The lowest BCUT2D eigenvalue weighted by atomic mass is 10.2. The number of aromatic nitrogens is 1. The molecule has 0 aliphatic heterocycles. The van der Waals surface area contributed by atoms with E-state index in [0.717, 1.165) is 12.8 Å². The van der Waals surface area contributed by atoms with E-state index in [1.54, 1.807) is 0 Å². The van der Waals surface area contributed by atoms with Crippen molar-refractivity contribution >= 4 is 52.3 Å². The van der Waals surface area contributed by atoms with Gasteiger partial charge in [-0.2, -0.15) is 0 Å². The summed E-state index contributed by atoms with van der Waals surface area (Å²) >= 11 is 23.4. The molecule has 1 aliphatic rings. The van der Waals surface area contributed by atoms with Gasteiger partial charge in [0.1, 0.15) is 10.8 Å². The van der Waals surface area contributed by atoms with Crippen molar-refractivity contribution in [3.8, 4) is 0 Å². The van der Waals surface area contributed by atoms with Crippen LogP contribution in [-0.4, -0.2) is 16.9 Å². The molecule has 1 atom stereocenters. The second kappa shape index (κ2) is 5.41. The zero-order valence-electron chi connectivity index (χ0n) is 9.44. The van der Waals surface area contributed by atoms with E-state index in [2.05, 4.69) is 10.3 Å². The summed E-state index contributed by atoms with van der Waals surface area (Å²) in [5, 5.41) is 2.91. The maximum atomic E-state index is 12.0. The summed E-state index contributed by atoms with van der Waals surface area (Å²) in [4.78, 5) is 15.9. The molecule has 0 bridgehead atoms. The van der Waals surface area contributed by atoms with E-state index >= 15 is 0 Å². The molecule has 0 radical (unpaired) electrons. The first-order chi connectivity index (χ1) is 8.41. The number of amides is 1. The minimum absolute atomic E-state index is 0.00330. The van der Waals surface area contributed by atoms with E-state index in [1.807, 2.05) is 6.92 Å². The molecule has 1 N–H and O–H groups in total. The third kappa shape index (κ3) is 2.85. The summed E-state index contributed by atoms with van der Waals surface area (Å²) in [5.74, 6) is 0.144. The highest BCUT2D eigenvalue weighted by molar-refractivity contribution is 6.52. The number of hydrogen-bond acceptors (Lipinski definition) is 2. The average Bonchev–Trinajstić information content (AvgIpc) is 3.14. The molecule has 1 aromatic rings. The lowest BCUT2D eigenvalue weighted by Crippen LogP contribution is -2.34. The molecule has 18 heavy (non-hydrogen) atoms. The highest BCUT2D eigenvalue weighted by atomic mass is 35.5. The quantitative estimate of drug-likeness (QED) is 0.844. The Morgan fingerprint density at radius 1 is 1.22 bits per heavy atom. The number of carbonyl (C=O) groups is 1. The molecular weight excluding hydrogens is 318 g/mol. The van der Waals surface area contributed by atoms with Gasteiger partial charge in [0.2, 0.25) is 0 Å². The third-order valence-electron chi connectivity index (χ3n) is 2.89. The maximum Gasteiger partial charge on any atom is 0.271 e. The van der Waals surface area contributed by atoms with Crippen LogP contribution in [0.3, 0.4) is 0 Å². The van der Waals surface area contributed by atoms with Crippen LogP contribution < -0.4 is 5.32 Å². The Morgan fingerprint density at radius 3 is 2.39 bits per heavy atom. The van der Waals surface area contributed by atoms with Crippen LogP contribution in [0.4, 0.5) is 0 Å². The fourth-order valence-electron chi connectivity index (χ4n) is 1.63. The van der Waals surface area contributed by atoms with Crippen LogP contribution in [0.1, 0.15) is 30.3 Å². The second-order valence-corrected chi connectivity index (χ2v) is 5.78. The van der Waals surface area contributed by atoms with Crippen LogP contribution in [0, 0.1) is 5.92 Å². The van der Waals surface area contributed by atoms with E-state index in [-0.39, 0.29) is 37.9 Å². The number of halogens is 4. The molecule has 1 heterocycles. The first kappa shape index (κ1) is 14.2. The molecule has 1 amide bonds. The van der Waals surface area contributed by atoms with E-state index in [0.29, 0.717) is 5.92 Å². The smallest absolute Gasteiger partial charge is 0.271 e. The molecule has 7 heteroatoms. The fraction of sp³-hybridized carbons (Fsp3) is 0.455. The average molecular weight is 328 g/mol. The number of pyridine rings is 1. The summed E-state index contributed by atoms with van der Waals surface area (Å²) in [6, 6.07) is 0.0867. The van der Waals surface area contributed by atoms with Crippen LogP contribution in [0.15, 0.2) is 0 Å². The Bertz CT molecular complexity index is 502. The van der Waals surface area contributed by atoms with Gasteiger partial charge in [-0.05, 0) is 25.7 Å². The van der Waals surface area contributed by atoms with E-state index in [4.69, 9.17) is 46.4 Å². The monoisotopic (exact) mass is 326 g/mol. The van der Waals surface area contributed by atoms with Crippen LogP contribution in [0.2, 0.25) is 20.2 Å².